The SMILES string of the molecule is CN1CC[C@H](C(=O)N2CCN(C[C@@H](O)c3ccccc3)CC2)C1. The Bertz CT molecular complexity index is 514. The number of carbonyl (C=O) groups is 1. The van der Waals surface area contributed by atoms with Gasteiger partial charge in [0, 0.05) is 39.3 Å². The van der Waals surface area contributed by atoms with Crippen LogP contribution in [0.3, 0.4) is 0 Å². The van der Waals surface area contributed by atoms with Crippen LogP contribution in [0.4, 0.5) is 0 Å². The van der Waals surface area contributed by atoms with Crippen molar-refractivity contribution in [1.29, 1.82) is 0 Å². The largest absolute Gasteiger partial charge is 0.387 e. The lowest BCUT2D eigenvalue weighted by Gasteiger charge is -2.36. The third-order valence-corrected chi connectivity index (χ3v) is 5.04. The molecule has 2 heterocycles. The monoisotopic (exact) mass is 317 g/mol. The van der Waals surface area contributed by atoms with Crippen LogP contribution in [0, 0.1) is 5.92 Å². The topological polar surface area (TPSA) is 47.0 Å². The molecule has 0 radical (unpaired) electrons. The number of carbonyl (C=O) groups excluding carboxylic acids is 1. The van der Waals surface area contributed by atoms with E-state index >= 15 is 0 Å². The van der Waals surface area contributed by atoms with Crippen molar-refractivity contribution in [2.45, 2.75) is 12.5 Å². The maximum absolute atomic E-state index is 12.5. The third kappa shape index (κ3) is 4.10. The van der Waals surface area contributed by atoms with Crippen molar-refractivity contribution in [3.63, 3.8) is 0 Å². The maximum Gasteiger partial charge on any atom is 0.227 e. The van der Waals surface area contributed by atoms with E-state index < -0.39 is 6.10 Å². The molecule has 5 nitrogen and oxygen atoms in total. The molecule has 1 N–H and O–H groups in total. The van der Waals surface area contributed by atoms with E-state index in [0.717, 1.165) is 51.3 Å². The molecule has 5 heteroatoms. The van der Waals surface area contributed by atoms with Crippen molar-refractivity contribution >= 4 is 5.91 Å². The minimum absolute atomic E-state index is 0.182. The van der Waals surface area contributed by atoms with Crippen LogP contribution in [0.2, 0.25) is 0 Å². The molecule has 23 heavy (non-hydrogen) atoms. The van der Waals surface area contributed by atoms with E-state index in [-0.39, 0.29) is 5.92 Å². The van der Waals surface area contributed by atoms with Gasteiger partial charge in [-0.2, -0.15) is 0 Å². The van der Waals surface area contributed by atoms with Crippen molar-refractivity contribution < 1.29 is 9.90 Å². The number of nitrogens with zero attached hydrogens (tertiary/aromatic N) is 3. The van der Waals surface area contributed by atoms with Gasteiger partial charge < -0.3 is 14.9 Å². The molecule has 2 atom stereocenters. The van der Waals surface area contributed by atoms with Gasteiger partial charge in [0.05, 0.1) is 12.0 Å². The Labute approximate surface area is 138 Å². The highest BCUT2D eigenvalue weighted by molar-refractivity contribution is 5.79. The van der Waals surface area contributed by atoms with Gasteiger partial charge >= 0.3 is 0 Å². The molecule has 126 valence electrons. The Morgan fingerprint density at radius 3 is 2.48 bits per heavy atom. The van der Waals surface area contributed by atoms with Crippen LogP contribution in [0.25, 0.3) is 0 Å². The molecule has 0 aromatic heterocycles. The van der Waals surface area contributed by atoms with Gasteiger partial charge in [-0.3, -0.25) is 9.69 Å². The average Bonchev–Trinajstić information content (AvgIpc) is 3.02. The zero-order chi connectivity index (χ0) is 16.2. The van der Waals surface area contributed by atoms with E-state index in [1.807, 2.05) is 35.2 Å². The van der Waals surface area contributed by atoms with E-state index in [1.165, 1.54) is 0 Å². The summed E-state index contributed by atoms with van der Waals surface area (Å²) >= 11 is 0. The molecule has 0 bridgehead atoms. The fourth-order valence-corrected chi connectivity index (χ4v) is 3.57. The molecule has 0 aliphatic carbocycles. The third-order valence-electron chi connectivity index (χ3n) is 5.04. The van der Waals surface area contributed by atoms with Crippen molar-refractivity contribution in [3.8, 4) is 0 Å². The Morgan fingerprint density at radius 1 is 1.17 bits per heavy atom. The van der Waals surface area contributed by atoms with E-state index in [0.29, 0.717) is 12.5 Å². The zero-order valence-electron chi connectivity index (χ0n) is 13.9. The second kappa shape index (κ2) is 7.43. The van der Waals surface area contributed by atoms with Crippen molar-refractivity contribution in [1.82, 2.24) is 14.7 Å². The molecule has 1 amide bonds. The number of aliphatic hydroxyl groups excluding tert-OH is 1. The number of aliphatic hydroxyl groups is 1. The summed E-state index contributed by atoms with van der Waals surface area (Å²) in [5.74, 6) is 0.499. The first-order valence-corrected chi connectivity index (χ1v) is 8.56. The van der Waals surface area contributed by atoms with Crippen molar-refractivity contribution in [3.05, 3.63) is 35.9 Å². The Hall–Kier alpha value is -1.43. The standard InChI is InChI=1S/C18H27N3O2/c1-19-8-7-16(13-19)18(23)21-11-9-20(10-12-21)14-17(22)15-5-3-2-4-6-15/h2-6,16-17,22H,7-14H2,1H3/t16-,17+/m0/s1. The number of piperazine rings is 1. The molecule has 2 saturated heterocycles. The van der Waals surface area contributed by atoms with Gasteiger partial charge in [-0.05, 0) is 25.6 Å². The molecule has 2 aliphatic rings. The van der Waals surface area contributed by atoms with Crippen LogP contribution in [-0.2, 0) is 4.79 Å². The van der Waals surface area contributed by atoms with Gasteiger partial charge in [0.2, 0.25) is 5.91 Å². The first-order valence-electron chi connectivity index (χ1n) is 8.56. The van der Waals surface area contributed by atoms with Gasteiger partial charge in [0.1, 0.15) is 0 Å². The second-order valence-corrected chi connectivity index (χ2v) is 6.80. The van der Waals surface area contributed by atoms with Gasteiger partial charge in [0.25, 0.3) is 0 Å². The Kier molecular flexibility index (Phi) is 5.30. The molecule has 2 aliphatic heterocycles. The maximum atomic E-state index is 12.5. The lowest BCUT2D eigenvalue weighted by atomic mass is 10.1. The van der Waals surface area contributed by atoms with Crippen molar-refractivity contribution in [2.24, 2.45) is 5.92 Å². The molecule has 3 rings (SSSR count). The molecule has 2 fully saturated rings. The number of β-amino-alcohol motifs (C(OH)–C–C–N with tert-alkyl or cyclic N) is 1. The molecule has 1 aromatic carbocycles. The quantitative estimate of drug-likeness (QED) is 0.893. The molecular weight excluding hydrogens is 290 g/mol. The number of amides is 1. The van der Waals surface area contributed by atoms with Gasteiger partial charge in [-0.25, -0.2) is 0 Å². The molecular formula is C18H27N3O2. The molecule has 0 saturated carbocycles. The van der Waals surface area contributed by atoms with E-state index in [4.69, 9.17) is 0 Å². The summed E-state index contributed by atoms with van der Waals surface area (Å²) < 4.78 is 0. The highest BCUT2D eigenvalue weighted by Gasteiger charge is 2.31. The Morgan fingerprint density at radius 2 is 1.87 bits per heavy atom. The molecule has 1 aromatic rings. The minimum atomic E-state index is -0.457. The van der Waals surface area contributed by atoms with Crippen LogP contribution in [-0.4, -0.2) is 78.6 Å². The van der Waals surface area contributed by atoms with Crippen LogP contribution in [0.5, 0.6) is 0 Å². The second-order valence-electron chi connectivity index (χ2n) is 6.80. The fraction of sp³-hybridized carbons (Fsp3) is 0.611. The van der Waals surface area contributed by atoms with E-state index in [9.17, 15) is 9.90 Å². The lowest BCUT2D eigenvalue weighted by Crippen LogP contribution is -2.51. The van der Waals surface area contributed by atoms with E-state index in [1.54, 1.807) is 0 Å². The molecule has 0 spiro atoms. The predicted octanol–water partition coefficient (Wildman–Crippen LogP) is 0.816. The van der Waals surface area contributed by atoms with Crippen LogP contribution < -0.4 is 0 Å². The number of hydrogen-bond donors (Lipinski definition) is 1. The minimum Gasteiger partial charge on any atom is -0.387 e. The highest BCUT2D eigenvalue weighted by Crippen LogP contribution is 2.19. The van der Waals surface area contributed by atoms with Crippen LogP contribution >= 0.6 is 0 Å². The summed E-state index contributed by atoms with van der Waals surface area (Å²) in [6, 6.07) is 9.78. The van der Waals surface area contributed by atoms with Crippen molar-refractivity contribution in [2.75, 3.05) is 52.9 Å². The zero-order valence-corrected chi connectivity index (χ0v) is 13.9. The fourth-order valence-electron chi connectivity index (χ4n) is 3.57. The number of rotatable bonds is 4. The van der Waals surface area contributed by atoms with Gasteiger partial charge in [-0.15, -0.1) is 0 Å². The summed E-state index contributed by atoms with van der Waals surface area (Å²) in [6.45, 7) is 5.81. The summed E-state index contributed by atoms with van der Waals surface area (Å²) in [6.07, 6.45) is 0.532. The number of likely N-dealkylation sites (tertiary alicyclic amines) is 1. The summed E-state index contributed by atoms with van der Waals surface area (Å²) in [7, 11) is 2.08. The highest BCUT2D eigenvalue weighted by atomic mass is 16.3. The normalized spacial score (nSPS) is 24.8. The first kappa shape index (κ1) is 16.4. The lowest BCUT2D eigenvalue weighted by molar-refractivity contribution is -0.137. The smallest absolute Gasteiger partial charge is 0.227 e. The summed E-state index contributed by atoms with van der Waals surface area (Å²) in [5.41, 5.74) is 0.958. The van der Waals surface area contributed by atoms with Crippen LogP contribution in [0.15, 0.2) is 30.3 Å². The van der Waals surface area contributed by atoms with E-state index in [2.05, 4.69) is 16.8 Å². The van der Waals surface area contributed by atoms with Crippen LogP contribution in [0.1, 0.15) is 18.1 Å². The Balaban J connectivity index is 1.46. The summed E-state index contributed by atoms with van der Waals surface area (Å²) in [4.78, 5) is 19.0. The predicted molar refractivity (Wildman–Crippen MR) is 90.0 cm³/mol. The number of benzene rings is 1. The average molecular weight is 317 g/mol. The van der Waals surface area contributed by atoms with Gasteiger partial charge in [-0.1, -0.05) is 30.3 Å². The first-order chi connectivity index (χ1) is 11.1. The summed E-state index contributed by atoms with van der Waals surface area (Å²) in [5, 5.41) is 10.3. The molecule has 0 unspecified atom stereocenters. The van der Waals surface area contributed by atoms with Gasteiger partial charge in [0.15, 0.2) is 0 Å². The number of hydrogen-bond acceptors (Lipinski definition) is 4.